The van der Waals surface area contributed by atoms with Crippen molar-refractivity contribution >= 4 is 5.97 Å². The van der Waals surface area contributed by atoms with E-state index in [2.05, 4.69) is 15.1 Å². The fourth-order valence-electron chi connectivity index (χ4n) is 2.72. The van der Waals surface area contributed by atoms with Crippen LogP contribution in [0.15, 0.2) is 41.5 Å². The molecule has 3 heterocycles. The highest BCUT2D eigenvalue weighted by Gasteiger charge is 2.24. The molecule has 8 heteroatoms. The number of ether oxygens (including phenoxy) is 1. The number of methoxy groups -OCH3 is 1. The highest BCUT2D eigenvalue weighted by molar-refractivity contribution is 5.89. The fraction of sp³-hybridized carbons (Fsp3) is 0.263. The van der Waals surface area contributed by atoms with E-state index in [0.717, 1.165) is 0 Å². The van der Waals surface area contributed by atoms with E-state index >= 15 is 0 Å². The van der Waals surface area contributed by atoms with Gasteiger partial charge in [0, 0.05) is 29.4 Å². The highest BCUT2D eigenvalue weighted by atomic mass is 16.5. The average Bonchev–Trinajstić information content (AvgIpc) is 3.02. The van der Waals surface area contributed by atoms with Crippen LogP contribution < -0.4 is 10.3 Å². The summed E-state index contributed by atoms with van der Waals surface area (Å²) in [5.41, 5.74) is 0.771. The van der Waals surface area contributed by atoms with Gasteiger partial charge in [0.2, 0.25) is 5.88 Å². The first-order valence-corrected chi connectivity index (χ1v) is 8.28. The van der Waals surface area contributed by atoms with Crippen molar-refractivity contribution < 1.29 is 14.6 Å². The summed E-state index contributed by atoms with van der Waals surface area (Å²) in [7, 11) is 1.52. The summed E-state index contributed by atoms with van der Waals surface area (Å²) in [6.07, 6.45) is 3.12. The normalized spacial score (nSPS) is 11.4. The zero-order chi connectivity index (χ0) is 19.8. The highest BCUT2D eigenvalue weighted by Crippen LogP contribution is 2.25. The molecule has 0 aromatic carbocycles. The Hall–Kier alpha value is -3.42. The number of nitrogens with zero attached hydrogens (tertiary/aromatic N) is 3. The molecule has 140 valence electrons. The topological polar surface area (TPSA) is 110 Å². The predicted molar refractivity (Wildman–Crippen MR) is 99.6 cm³/mol. The lowest BCUT2D eigenvalue weighted by molar-refractivity contribution is 0.0693. The van der Waals surface area contributed by atoms with Crippen LogP contribution >= 0.6 is 0 Å². The quantitative estimate of drug-likeness (QED) is 0.732. The molecule has 0 atom stereocenters. The van der Waals surface area contributed by atoms with Crippen LogP contribution in [0.3, 0.4) is 0 Å². The van der Waals surface area contributed by atoms with E-state index in [-0.39, 0.29) is 11.1 Å². The van der Waals surface area contributed by atoms with E-state index < -0.39 is 11.4 Å². The third kappa shape index (κ3) is 3.46. The molecule has 0 saturated heterocycles. The summed E-state index contributed by atoms with van der Waals surface area (Å²) in [5, 5.41) is 12.3. The van der Waals surface area contributed by atoms with Crippen molar-refractivity contribution in [1.82, 2.24) is 19.7 Å². The van der Waals surface area contributed by atoms with Gasteiger partial charge in [-0.1, -0.05) is 20.8 Å². The number of H-pyrrole nitrogens is 1. The molecule has 2 N–H and O–H groups in total. The number of carboxylic acids is 1. The Kier molecular flexibility index (Phi) is 4.57. The van der Waals surface area contributed by atoms with Crippen molar-refractivity contribution in [2.45, 2.75) is 26.2 Å². The van der Waals surface area contributed by atoms with Crippen LogP contribution in [0.4, 0.5) is 0 Å². The molecule has 0 aliphatic rings. The van der Waals surface area contributed by atoms with Crippen molar-refractivity contribution in [1.29, 1.82) is 0 Å². The molecule has 0 unspecified atom stereocenters. The number of hydrogen-bond donors (Lipinski definition) is 2. The van der Waals surface area contributed by atoms with Gasteiger partial charge in [-0.25, -0.2) is 19.4 Å². The van der Waals surface area contributed by atoms with Crippen molar-refractivity contribution in [2.24, 2.45) is 0 Å². The molecule has 3 aromatic rings. The van der Waals surface area contributed by atoms with E-state index in [9.17, 15) is 14.7 Å². The van der Waals surface area contributed by atoms with Gasteiger partial charge in [-0.05, 0) is 18.2 Å². The number of aromatic nitrogens is 4. The second-order valence-electron chi connectivity index (χ2n) is 7.04. The lowest BCUT2D eigenvalue weighted by Crippen LogP contribution is -2.23. The first-order chi connectivity index (χ1) is 12.7. The van der Waals surface area contributed by atoms with Crippen molar-refractivity contribution in [3.63, 3.8) is 0 Å². The van der Waals surface area contributed by atoms with Crippen LogP contribution in [0.2, 0.25) is 0 Å². The van der Waals surface area contributed by atoms with Crippen LogP contribution in [0.25, 0.3) is 16.9 Å². The second-order valence-corrected chi connectivity index (χ2v) is 7.04. The number of nitrogens with one attached hydrogen (secondary N) is 1. The van der Waals surface area contributed by atoms with Crippen LogP contribution in [-0.4, -0.2) is 37.9 Å². The SMILES string of the molecule is COc1ccc(-c2c[nH]n(-c3ccc(C(=O)O)c(C(C)(C)C)n3)c2=O)cn1. The molecular formula is C19H20N4O4. The van der Waals surface area contributed by atoms with Crippen molar-refractivity contribution in [3.8, 4) is 22.8 Å². The monoisotopic (exact) mass is 368 g/mol. The molecular weight excluding hydrogens is 348 g/mol. The van der Waals surface area contributed by atoms with Gasteiger partial charge in [0.05, 0.1) is 23.9 Å². The fourth-order valence-corrected chi connectivity index (χ4v) is 2.72. The summed E-state index contributed by atoms with van der Waals surface area (Å²) >= 11 is 0. The van der Waals surface area contributed by atoms with Gasteiger partial charge in [-0.2, -0.15) is 0 Å². The summed E-state index contributed by atoms with van der Waals surface area (Å²) in [6, 6.07) is 6.38. The molecule has 0 spiro atoms. The molecule has 0 aliphatic heterocycles. The Morgan fingerprint density at radius 3 is 2.52 bits per heavy atom. The first-order valence-electron chi connectivity index (χ1n) is 8.28. The summed E-state index contributed by atoms with van der Waals surface area (Å²) in [6.45, 7) is 5.62. The van der Waals surface area contributed by atoms with Gasteiger partial charge in [-0.3, -0.25) is 9.89 Å². The molecule has 0 bridgehead atoms. The number of aromatic amines is 1. The van der Waals surface area contributed by atoms with E-state index in [1.807, 2.05) is 20.8 Å². The molecule has 0 amide bonds. The van der Waals surface area contributed by atoms with Gasteiger partial charge in [0.1, 0.15) is 0 Å². The lowest BCUT2D eigenvalue weighted by Gasteiger charge is -2.20. The maximum Gasteiger partial charge on any atom is 0.337 e. The number of pyridine rings is 2. The van der Waals surface area contributed by atoms with Gasteiger partial charge in [-0.15, -0.1) is 0 Å². The zero-order valence-electron chi connectivity index (χ0n) is 15.5. The first kappa shape index (κ1) is 18.4. The Bertz CT molecular complexity index is 1040. The summed E-state index contributed by atoms with van der Waals surface area (Å²) < 4.78 is 6.30. The minimum absolute atomic E-state index is 0.116. The van der Waals surface area contributed by atoms with Gasteiger partial charge < -0.3 is 9.84 Å². The van der Waals surface area contributed by atoms with Crippen LogP contribution in [-0.2, 0) is 5.41 Å². The van der Waals surface area contributed by atoms with Gasteiger partial charge >= 0.3 is 5.97 Å². The molecule has 27 heavy (non-hydrogen) atoms. The number of aromatic carboxylic acids is 1. The summed E-state index contributed by atoms with van der Waals surface area (Å²) in [4.78, 5) is 32.9. The number of hydrogen-bond acceptors (Lipinski definition) is 5. The minimum atomic E-state index is -1.05. The van der Waals surface area contributed by atoms with Gasteiger partial charge in [0.25, 0.3) is 5.56 Å². The van der Waals surface area contributed by atoms with Crippen molar-refractivity contribution in [2.75, 3.05) is 7.11 Å². The van der Waals surface area contributed by atoms with Crippen LogP contribution in [0, 0.1) is 0 Å². The average molecular weight is 368 g/mol. The molecule has 0 fully saturated rings. The Morgan fingerprint density at radius 1 is 1.22 bits per heavy atom. The molecule has 0 radical (unpaired) electrons. The molecule has 0 saturated carbocycles. The van der Waals surface area contributed by atoms with E-state index in [4.69, 9.17) is 4.74 Å². The number of carboxylic acid groups (broad SMARTS) is 1. The minimum Gasteiger partial charge on any atom is -0.481 e. The Balaban J connectivity index is 2.09. The van der Waals surface area contributed by atoms with Crippen molar-refractivity contribution in [3.05, 3.63) is 58.3 Å². The molecule has 0 aliphatic carbocycles. The largest absolute Gasteiger partial charge is 0.481 e. The van der Waals surface area contributed by atoms with E-state index in [1.165, 1.54) is 23.9 Å². The van der Waals surface area contributed by atoms with E-state index in [0.29, 0.717) is 28.5 Å². The number of carbonyl (C=O) groups is 1. The third-order valence-electron chi connectivity index (χ3n) is 4.08. The molecule has 8 nitrogen and oxygen atoms in total. The van der Waals surface area contributed by atoms with Crippen LogP contribution in [0.5, 0.6) is 5.88 Å². The number of rotatable bonds is 4. The maximum absolute atomic E-state index is 12.8. The van der Waals surface area contributed by atoms with E-state index in [1.54, 1.807) is 24.5 Å². The maximum atomic E-state index is 12.8. The summed E-state index contributed by atoms with van der Waals surface area (Å²) in [5.74, 6) is -0.277. The standard InChI is InChI=1S/C19H20N4O4/c1-19(2,3)16-12(18(25)26)6-7-14(22-16)23-17(24)13(10-21-23)11-5-8-15(27-4)20-9-11/h5-10,21H,1-4H3,(H,25,26). The Labute approximate surface area is 155 Å². The lowest BCUT2D eigenvalue weighted by atomic mass is 9.88. The van der Waals surface area contributed by atoms with Crippen LogP contribution in [0.1, 0.15) is 36.8 Å². The predicted octanol–water partition coefficient (Wildman–Crippen LogP) is 2.63. The zero-order valence-corrected chi connectivity index (χ0v) is 15.5. The smallest absolute Gasteiger partial charge is 0.337 e. The second kappa shape index (κ2) is 6.71. The van der Waals surface area contributed by atoms with Gasteiger partial charge in [0.15, 0.2) is 5.82 Å². The Morgan fingerprint density at radius 2 is 1.96 bits per heavy atom. The molecule has 3 aromatic heterocycles. The third-order valence-corrected chi connectivity index (χ3v) is 4.08. The molecule has 3 rings (SSSR count).